The Bertz CT molecular complexity index is 277. The highest BCUT2D eigenvalue weighted by atomic mass is 16.5. The first-order chi connectivity index (χ1) is 6.72. The van der Waals surface area contributed by atoms with Gasteiger partial charge in [-0.15, -0.1) is 0 Å². The molecule has 0 amide bonds. The predicted molar refractivity (Wildman–Crippen MR) is 50.1 cm³/mol. The molecule has 0 spiro atoms. The van der Waals surface area contributed by atoms with Gasteiger partial charge in [-0.1, -0.05) is 0 Å². The highest BCUT2D eigenvalue weighted by Gasteiger charge is 2.40. The van der Waals surface area contributed by atoms with Crippen molar-refractivity contribution >= 4 is 11.7 Å². The van der Waals surface area contributed by atoms with Gasteiger partial charge in [0.05, 0.1) is 12.1 Å². The summed E-state index contributed by atoms with van der Waals surface area (Å²) in [6, 6.07) is 0.153. The number of hydrogen-bond donors (Lipinski definition) is 2. The van der Waals surface area contributed by atoms with Gasteiger partial charge in [0.1, 0.15) is 5.71 Å². The summed E-state index contributed by atoms with van der Waals surface area (Å²) in [6.07, 6.45) is 2.86. The van der Waals surface area contributed by atoms with Crippen LogP contribution >= 0.6 is 0 Å². The second kappa shape index (κ2) is 3.57. The van der Waals surface area contributed by atoms with Gasteiger partial charge in [0.15, 0.2) is 0 Å². The van der Waals surface area contributed by atoms with Gasteiger partial charge in [-0.2, -0.15) is 5.10 Å². The van der Waals surface area contributed by atoms with Crippen molar-refractivity contribution < 1.29 is 14.6 Å². The van der Waals surface area contributed by atoms with Crippen molar-refractivity contribution in [2.24, 2.45) is 11.0 Å². The maximum atomic E-state index is 10.8. The first-order valence-electron chi connectivity index (χ1n) is 4.81. The Hall–Kier alpha value is -1.10. The average Bonchev–Trinajstić information content (AvgIpc) is 2.59. The van der Waals surface area contributed by atoms with E-state index in [-0.39, 0.29) is 23.8 Å². The number of carbonyl (C=O) groups is 1. The van der Waals surface area contributed by atoms with Crippen molar-refractivity contribution in [2.75, 3.05) is 7.11 Å². The molecule has 5 nitrogen and oxygen atoms in total. The molecule has 0 radical (unpaired) electrons. The molecule has 2 aliphatic rings. The number of fused-ring (bicyclic) bond motifs is 1. The normalized spacial score (nSPS) is 35.8. The van der Waals surface area contributed by atoms with Crippen molar-refractivity contribution in [3.8, 4) is 0 Å². The average molecular weight is 198 g/mol. The maximum Gasteiger partial charge on any atom is 0.352 e. The van der Waals surface area contributed by atoms with Crippen molar-refractivity contribution in [3.63, 3.8) is 0 Å². The Morgan fingerprint density at radius 3 is 3.07 bits per heavy atom. The van der Waals surface area contributed by atoms with E-state index in [1.165, 1.54) is 0 Å². The molecule has 0 aromatic carbocycles. The lowest BCUT2D eigenvalue weighted by Crippen LogP contribution is -2.40. The Morgan fingerprint density at radius 1 is 1.64 bits per heavy atom. The van der Waals surface area contributed by atoms with E-state index in [0.717, 1.165) is 19.3 Å². The number of nitrogens with zero attached hydrogens (tertiary/aromatic N) is 1. The van der Waals surface area contributed by atoms with Crippen LogP contribution in [0.2, 0.25) is 0 Å². The van der Waals surface area contributed by atoms with E-state index in [1.54, 1.807) is 7.11 Å². The zero-order valence-corrected chi connectivity index (χ0v) is 8.06. The molecule has 14 heavy (non-hydrogen) atoms. The number of carboxylic acid groups (broad SMARTS) is 1. The van der Waals surface area contributed by atoms with Crippen LogP contribution in [0.5, 0.6) is 0 Å². The SMILES string of the molecule is COC1CCC2C(C(=O)O)=NNC2C1. The highest BCUT2D eigenvalue weighted by molar-refractivity contribution is 6.37. The van der Waals surface area contributed by atoms with Crippen LogP contribution < -0.4 is 5.43 Å². The zero-order valence-electron chi connectivity index (χ0n) is 8.06. The fourth-order valence-electron chi connectivity index (χ4n) is 2.26. The number of hydrazone groups is 1. The monoisotopic (exact) mass is 198 g/mol. The number of aliphatic carboxylic acids is 1. The third-order valence-corrected chi connectivity index (χ3v) is 3.06. The lowest BCUT2D eigenvalue weighted by Gasteiger charge is -2.30. The fraction of sp³-hybridized carbons (Fsp3) is 0.778. The zero-order chi connectivity index (χ0) is 10.1. The number of hydrogen-bond acceptors (Lipinski definition) is 4. The minimum atomic E-state index is -0.902. The maximum absolute atomic E-state index is 10.8. The minimum absolute atomic E-state index is 0.0684. The summed E-state index contributed by atoms with van der Waals surface area (Å²) in [4.78, 5) is 10.8. The molecule has 2 N–H and O–H groups in total. The summed E-state index contributed by atoms with van der Waals surface area (Å²) >= 11 is 0. The Kier molecular flexibility index (Phi) is 2.41. The van der Waals surface area contributed by atoms with Gasteiger partial charge < -0.3 is 15.3 Å². The molecule has 1 aliphatic carbocycles. The molecule has 1 saturated carbocycles. The predicted octanol–water partition coefficient (Wildman–Crippen LogP) is 0.214. The van der Waals surface area contributed by atoms with Crippen LogP contribution in [0.1, 0.15) is 19.3 Å². The summed E-state index contributed by atoms with van der Waals surface area (Å²) in [7, 11) is 1.69. The van der Waals surface area contributed by atoms with E-state index < -0.39 is 5.97 Å². The first-order valence-corrected chi connectivity index (χ1v) is 4.81. The molecule has 1 aliphatic heterocycles. The van der Waals surface area contributed by atoms with Crippen molar-refractivity contribution in [1.82, 2.24) is 5.43 Å². The number of carboxylic acids is 1. The number of nitrogens with one attached hydrogen (secondary N) is 1. The van der Waals surface area contributed by atoms with Crippen LogP contribution in [0, 0.1) is 5.92 Å². The van der Waals surface area contributed by atoms with E-state index >= 15 is 0 Å². The standard InChI is InChI=1S/C9H14N2O3/c1-14-5-2-3-6-7(4-5)10-11-8(6)9(12)13/h5-7,10H,2-4H2,1H3,(H,12,13). The third-order valence-electron chi connectivity index (χ3n) is 3.06. The molecule has 0 bridgehead atoms. The molecule has 1 fully saturated rings. The molecule has 0 aromatic heterocycles. The van der Waals surface area contributed by atoms with E-state index in [1.807, 2.05) is 0 Å². The first kappa shape index (κ1) is 9.45. The second-order valence-electron chi connectivity index (χ2n) is 3.82. The lowest BCUT2D eigenvalue weighted by atomic mass is 9.81. The summed E-state index contributed by atoms with van der Waals surface area (Å²) in [5.41, 5.74) is 3.16. The van der Waals surface area contributed by atoms with Crippen molar-refractivity contribution in [1.29, 1.82) is 0 Å². The minimum Gasteiger partial charge on any atom is -0.477 e. The smallest absolute Gasteiger partial charge is 0.352 e. The van der Waals surface area contributed by atoms with Gasteiger partial charge in [0.25, 0.3) is 0 Å². The van der Waals surface area contributed by atoms with Crippen LogP contribution in [0.25, 0.3) is 0 Å². The molecule has 0 saturated heterocycles. The largest absolute Gasteiger partial charge is 0.477 e. The van der Waals surface area contributed by atoms with Gasteiger partial charge in [-0.3, -0.25) is 0 Å². The number of rotatable bonds is 2. The molecule has 3 atom stereocenters. The van der Waals surface area contributed by atoms with Crippen LogP contribution in [0.3, 0.4) is 0 Å². The molecular formula is C9H14N2O3. The van der Waals surface area contributed by atoms with Crippen LogP contribution in [-0.4, -0.2) is 36.0 Å². The lowest BCUT2D eigenvalue weighted by molar-refractivity contribution is -0.129. The van der Waals surface area contributed by atoms with Crippen LogP contribution in [0.15, 0.2) is 5.10 Å². The summed E-state index contributed by atoms with van der Waals surface area (Å²) in [5.74, 6) is -0.834. The van der Waals surface area contributed by atoms with Gasteiger partial charge in [0, 0.05) is 13.0 Å². The van der Waals surface area contributed by atoms with Gasteiger partial charge >= 0.3 is 5.97 Å². The second-order valence-corrected chi connectivity index (χ2v) is 3.82. The Balaban J connectivity index is 2.04. The van der Waals surface area contributed by atoms with Gasteiger partial charge in [-0.25, -0.2) is 4.79 Å². The molecular weight excluding hydrogens is 184 g/mol. The fourth-order valence-corrected chi connectivity index (χ4v) is 2.26. The quantitative estimate of drug-likeness (QED) is 0.665. The summed E-state index contributed by atoms with van der Waals surface area (Å²) in [5, 5.41) is 12.7. The van der Waals surface area contributed by atoms with Crippen molar-refractivity contribution in [2.45, 2.75) is 31.4 Å². The van der Waals surface area contributed by atoms with Crippen LogP contribution in [-0.2, 0) is 9.53 Å². The molecule has 78 valence electrons. The van der Waals surface area contributed by atoms with Gasteiger partial charge in [0.2, 0.25) is 0 Å². The summed E-state index contributed by atoms with van der Waals surface area (Å²) in [6.45, 7) is 0. The van der Waals surface area contributed by atoms with Gasteiger partial charge in [-0.05, 0) is 19.3 Å². The van der Waals surface area contributed by atoms with E-state index in [9.17, 15) is 4.79 Å². The van der Waals surface area contributed by atoms with Crippen LogP contribution in [0.4, 0.5) is 0 Å². The summed E-state index contributed by atoms with van der Waals surface area (Å²) < 4.78 is 5.26. The highest BCUT2D eigenvalue weighted by Crippen LogP contribution is 2.30. The van der Waals surface area contributed by atoms with E-state index in [0.29, 0.717) is 0 Å². The molecule has 1 heterocycles. The molecule has 0 aromatic rings. The van der Waals surface area contributed by atoms with E-state index in [2.05, 4.69) is 10.5 Å². The van der Waals surface area contributed by atoms with Crippen molar-refractivity contribution in [3.05, 3.63) is 0 Å². The molecule has 2 rings (SSSR count). The Morgan fingerprint density at radius 2 is 2.43 bits per heavy atom. The topological polar surface area (TPSA) is 70.9 Å². The molecule has 3 unspecified atom stereocenters. The number of methoxy groups -OCH3 is 1. The third kappa shape index (κ3) is 1.48. The Labute approximate surface area is 82.1 Å². The molecule has 5 heteroatoms. The number of ether oxygens (including phenoxy) is 1. The van der Waals surface area contributed by atoms with E-state index in [4.69, 9.17) is 9.84 Å².